The molecule has 2 rings (SSSR count). The summed E-state index contributed by atoms with van der Waals surface area (Å²) in [6.45, 7) is 1.75. The third-order valence-electron chi connectivity index (χ3n) is 2.72. The highest BCUT2D eigenvalue weighted by Gasteiger charge is 2.28. The van der Waals surface area contributed by atoms with Gasteiger partial charge in [0.05, 0.1) is 11.6 Å². The van der Waals surface area contributed by atoms with Gasteiger partial charge in [0.25, 0.3) is 0 Å². The van der Waals surface area contributed by atoms with Crippen molar-refractivity contribution in [2.45, 2.75) is 12.5 Å². The fourth-order valence-electron chi connectivity index (χ4n) is 1.65. The molecule has 1 atom stereocenters. The van der Waals surface area contributed by atoms with Crippen LogP contribution in [0.5, 0.6) is 0 Å². The number of rotatable bonds is 2. The normalized spacial score (nSPS) is 14.0. The SMILES string of the molecule is CC(O)(c1ccc(C#N)cc1)c1cscc1Br. The second kappa shape index (κ2) is 4.61. The molecule has 0 aliphatic rings. The Morgan fingerprint density at radius 3 is 2.41 bits per heavy atom. The zero-order valence-electron chi connectivity index (χ0n) is 9.14. The molecule has 0 saturated carbocycles. The second-order valence-electron chi connectivity index (χ2n) is 3.89. The highest BCUT2D eigenvalue weighted by atomic mass is 79.9. The molecule has 0 bridgehead atoms. The highest BCUT2D eigenvalue weighted by Crippen LogP contribution is 2.36. The molecule has 0 amide bonds. The zero-order chi connectivity index (χ0) is 12.5. The fraction of sp³-hybridized carbons (Fsp3) is 0.154. The highest BCUT2D eigenvalue weighted by molar-refractivity contribution is 9.10. The number of nitrogens with zero attached hydrogens (tertiary/aromatic N) is 1. The summed E-state index contributed by atoms with van der Waals surface area (Å²) < 4.78 is 0.900. The molecule has 0 saturated heterocycles. The Hall–Kier alpha value is -1.15. The molecule has 0 radical (unpaired) electrons. The Bertz CT molecular complexity index is 566. The molecule has 0 aliphatic heterocycles. The summed E-state index contributed by atoms with van der Waals surface area (Å²) in [5, 5.41) is 23.2. The summed E-state index contributed by atoms with van der Waals surface area (Å²) >= 11 is 4.96. The van der Waals surface area contributed by atoms with Crippen LogP contribution < -0.4 is 0 Å². The van der Waals surface area contributed by atoms with E-state index in [9.17, 15) is 5.11 Å². The minimum Gasteiger partial charge on any atom is -0.381 e. The molecule has 1 heterocycles. The lowest BCUT2D eigenvalue weighted by Gasteiger charge is -2.23. The van der Waals surface area contributed by atoms with Crippen LogP contribution in [0.15, 0.2) is 39.5 Å². The topological polar surface area (TPSA) is 44.0 Å². The van der Waals surface area contributed by atoms with Crippen molar-refractivity contribution in [1.82, 2.24) is 0 Å². The van der Waals surface area contributed by atoms with Crippen molar-refractivity contribution in [3.63, 3.8) is 0 Å². The van der Waals surface area contributed by atoms with E-state index in [-0.39, 0.29) is 0 Å². The minimum atomic E-state index is -1.05. The molecule has 0 fully saturated rings. The maximum atomic E-state index is 10.6. The number of benzene rings is 1. The van der Waals surface area contributed by atoms with E-state index in [0.717, 1.165) is 15.6 Å². The lowest BCUT2D eigenvalue weighted by atomic mass is 9.90. The van der Waals surface area contributed by atoms with Gasteiger partial charge in [0.1, 0.15) is 5.60 Å². The van der Waals surface area contributed by atoms with Gasteiger partial charge in [-0.25, -0.2) is 0 Å². The molecule has 1 aromatic heterocycles. The molecule has 17 heavy (non-hydrogen) atoms. The van der Waals surface area contributed by atoms with Gasteiger partial charge in [-0.3, -0.25) is 0 Å². The first-order valence-corrected chi connectivity index (χ1v) is 6.74. The predicted octanol–water partition coefficient (Wildman–Crippen LogP) is 3.64. The van der Waals surface area contributed by atoms with Crippen LogP contribution in [-0.4, -0.2) is 5.11 Å². The summed E-state index contributed by atoms with van der Waals surface area (Å²) in [5.74, 6) is 0. The average Bonchev–Trinajstić information content (AvgIpc) is 2.76. The molecule has 1 aromatic carbocycles. The van der Waals surface area contributed by atoms with E-state index in [1.165, 1.54) is 11.3 Å². The lowest BCUT2D eigenvalue weighted by molar-refractivity contribution is 0.102. The summed E-state index contributed by atoms with van der Waals surface area (Å²) in [5.41, 5.74) is 1.16. The Labute approximate surface area is 112 Å². The number of halogens is 1. The van der Waals surface area contributed by atoms with Crippen molar-refractivity contribution >= 4 is 27.3 Å². The predicted molar refractivity (Wildman–Crippen MR) is 71.8 cm³/mol. The molecule has 0 aliphatic carbocycles. The van der Waals surface area contributed by atoms with E-state index in [1.54, 1.807) is 31.2 Å². The molecular weight excluding hydrogens is 298 g/mol. The first-order chi connectivity index (χ1) is 8.05. The fourth-order valence-corrected chi connectivity index (χ4v) is 3.44. The molecule has 2 aromatic rings. The number of nitriles is 1. The van der Waals surface area contributed by atoms with Gasteiger partial charge >= 0.3 is 0 Å². The van der Waals surface area contributed by atoms with E-state index >= 15 is 0 Å². The molecule has 0 spiro atoms. The molecule has 1 unspecified atom stereocenters. The van der Waals surface area contributed by atoms with Crippen molar-refractivity contribution in [2.75, 3.05) is 0 Å². The van der Waals surface area contributed by atoms with E-state index in [4.69, 9.17) is 5.26 Å². The molecule has 4 heteroatoms. The first kappa shape index (κ1) is 12.3. The number of thiophene rings is 1. The smallest absolute Gasteiger partial charge is 0.114 e. The van der Waals surface area contributed by atoms with Crippen LogP contribution in [0.4, 0.5) is 0 Å². The third-order valence-corrected chi connectivity index (χ3v) is 4.42. The van der Waals surface area contributed by atoms with Crippen LogP contribution in [0.2, 0.25) is 0 Å². The van der Waals surface area contributed by atoms with Crippen molar-refractivity contribution in [2.24, 2.45) is 0 Å². The minimum absolute atomic E-state index is 0.592. The van der Waals surface area contributed by atoms with Gasteiger partial charge in [-0.2, -0.15) is 16.6 Å². The van der Waals surface area contributed by atoms with Gasteiger partial charge in [-0.05, 0) is 45.9 Å². The van der Waals surface area contributed by atoms with Gasteiger partial charge in [-0.1, -0.05) is 12.1 Å². The van der Waals surface area contributed by atoms with Gasteiger partial charge in [-0.15, -0.1) is 0 Å². The van der Waals surface area contributed by atoms with Gasteiger partial charge in [0.15, 0.2) is 0 Å². The molecule has 86 valence electrons. The van der Waals surface area contributed by atoms with Gasteiger partial charge in [0.2, 0.25) is 0 Å². The van der Waals surface area contributed by atoms with Gasteiger partial charge < -0.3 is 5.11 Å². The largest absolute Gasteiger partial charge is 0.381 e. The number of hydrogen-bond donors (Lipinski definition) is 1. The summed E-state index contributed by atoms with van der Waals surface area (Å²) in [7, 11) is 0. The van der Waals surface area contributed by atoms with Crippen LogP contribution in [0.1, 0.15) is 23.6 Å². The quantitative estimate of drug-likeness (QED) is 0.920. The summed E-state index contributed by atoms with van der Waals surface area (Å²) in [6.07, 6.45) is 0. The second-order valence-corrected chi connectivity index (χ2v) is 5.49. The maximum absolute atomic E-state index is 10.6. The van der Waals surface area contributed by atoms with Crippen LogP contribution in [0, 0.1) is 11.3 Å². The molecule has 1 N–H and O–H groups in total. The van der Waals surface area contributed by atoms with Crippen LogP contribution in [-0.2, 0) is 5.60 Å². The first-order valence-electron chi connectivity index (χ1n) is 5.01. The van der Waals surface area contributed by atoms with Crippen molar-refractivity contribution in [1.29, 1.82) is 5.26 Å². The van der Waals surface area contributed by atoms with Crippen molar-refractivity contribution in [3.8, 4) is 6.07 Å². The van der Waals surface area contributed by atoms with E-state index < -0.39 is 5.60 Å². The van der Waals surface area contributed by atoms with E-state index in [1.807, 2.05) is 10.8 Å². The average molecular weight is 308 g/mol. The van der Waals surface area contributed by atoms with Crippen molar-refractivity contribution < 1.29 is 5.11 Å². The zero-order valence-corrected chi connectivity index (χ0v) is 11.5. The van der Waals surface area contributed by atoms with Crippen LogP contribution >= 0.6 is 27.3 Å². The van der Waals surface area contributed by atoms with E-state index in [2.05, 4.69) is 22.0 Å². The lowest BCUT2D eigenvalue weighted by Crippen LogP contribution is -2.22. The molecule has 2 nitrogen and oxygen atoms in total. The Kier molecular flexibility index (Phi) is 3.34. The van der Waals surface area contributed by atoms with E-state index in [0.29, 0.717) is 5.56 Å². The summed E-state index contributed by atoms with van der Waals surface area (Å²) in [4.78, 5) is 0. The third kappa shape index (κ3) is 2.27. The number of hydrogen-bond acceptors (Lipinski definition) is 3. The Balaban J connectivity index is 2.45. The summed E-state index contributed by atoms with van der Waals surface area (Å²) in [6, 6.07) is 9.05. The monoisotopic (exact) mass is 307 g/mol. The van der Waals surface area contributed by atoms with Crippen LogP contribution in [0.25, 0.3) is 0 Å². The van der Waals surface area contributed by atoms with Crippen LogP contribution in [0.3, 0.4) is 0 Å². The maximum Gasteiger partial charge on any atom is 0.114 e. The Morgan fingerprint density at radius 2 is 1.94 bits per heavy atom. The number of aliphatic hydroxyl groups is 1. The van der Waals surface area contributed by atoms with Gasteiger partial charge in [0, 0.05) is 15.4 Å². The Morgan fingerprint density at radius 1 is 1.29 bits per heavy atom. The molecular formula is C13H10BrNOS. The standard InChI is InChI=1S/C13H10BrNOS/c1-13(16,11-7-17-8-12(11)14)10-4-2-9(6-15)3-5-10/h2-5,7-8,16H,1H3. The van der Waals surface area contributed by atoms with Crippen molar-refractivity contribution in [3.05, 3.63) is 56.2 Å².